The third-order valence-corrected chi connectivity index (χ3v) is 12.1. The maximum Gasteiger partial charge on any atom is 0.261 e. The second-order valence-corrected chi connectivity index (χ2v) is 16.8. The third kappa shape index (κ3) is 9.95. The quantitative estimate of drug-likeness (QED) is 0.291. The highest BCUT2D eigenvalue weighted by Gasteiger charge is 2.32. The van der Waals surface area contributed by atoms with Gasteiger partial charge in [0.15, 0.2) is 0 Å². The average Bonchev–Trinajstić information content (AvgIpc) is 3.06. The molecule has 0 aliphatic carbocycles. The zero-order chi connectivity index (χ0) is 35.9. The summed E-state index contributed by atoms with van der Waals surface area (Å²) in [5, 5.41) is 10.6. The molecule has 0 unspecified atom stereocenters. The van der Waals surface area contributed by atoms with Crippen LogP contribution in [-0.2, 0) is 24.8 Å². The molecule has 49 heavy (non-hydrogen) atoms. The summed E-state index contributed by atoms with van der Waals surface area (Å²) in [4.78, 5) is 16.0. The molecule has 11 nitrogen and oxygen atoms in total. The zero-order valence-electron chi connectivity index (χ0n) is 28.5. The Morgan fingerprint density at radius 3 is 2.31 bits per heavy atom. The summed E-state index contributed by atoms with van der Waals surface area (Å²) in [5.41, 5.74) is 1.21. The number of carbonyl (C=O) groups is 1. The van der Waals surface area contributed by atoms with Crippen LogP contribution in [0.15, 0.2) is 76.5 Å². The number of nitrogens with zero attached hydrogens (tertiary/aromatic N) is 2. The van der Waals surface area contributed by atoms with Crippen molar-refractivity contribution in [3.05, 3.63) is 82.9 Å². The molecule has 0 aromatic heterocycles. The molecular formula is C35H46ClN3O8S2. The van der Waals surface area contributed by atoms with Crippen molar-refractivity contribution in [3.8, 4) is 5.75 Å². The highest BCUT2D eigenvalue weighted by Crippen LogP contribution is 2.30. The Balaban J connectivity index is 1.67. The number of halogens is 1. The molecule has 0 saturated heterocycles. The number of hydrogen-bond acceptors (Lipinski definition) is 8. The molecule has 4 rings (SSSR count). The van der Waals surface area contributed by atoms with E-state index in [0.717, 1.165) is 12.0 Å². The van der Waals surface area contributed by atoms with E-state index in [1.807, 2.05) is 20.8 Å². The molecule has 1 aliphatic heterocycles. The van der Waals surface area contributed by atoms with Gasteiger partial charge in [0.1, 0.15) is 5.75 Å². The van der Waals surface area contributed by atoms with E-state index in [4.69, 9.17) is 21.1 Å². The van der Waals surface area contributed by atoms with Crippen LogP contribution in [0, 0.1) is 12.8 Å². The van der Waals surface area contributed by atoms with E-state index in [9.17, 15) is 26.7 Å². The molecule has 1 heterocycles. The first-order valence-corrected chi connectivity index (χ1v) is 19.6. The molecule has 0 fully saturated rings. The van der Waals surface area contributed by atoms with Crippen LogP contribution in [0.4, 0.5) is 5.69 Å². The summed E-state index contributed by atoms with van der Waals surface area (Å²) in [5.74, 6) is -0.574. The molecule has 1 aliphatic rings. The third-order valence-electron chi connectivity index (χ3n) is 8.59. The molecule has 3 aromatic rings. The predicted molar refractivity (Wildman–Crippen MR) is 190 cm³/mol. The van der Waals surface area contributed by atoms with Gasteiger partial charge >= 0.3 is 0 Å². The number of nitrogens with one attached hydrogen (secondary N) is 1. The molecule has 0 spiro atoms. The molecule has 14 heteroatoms. The van der Waals surface area contributed by atoms with Crippen LogP contribution in [0.3, 0.4) is 0 Å². The lowest BCUT2D eigenvalue weighted by molar-refractivity contribution is -0.00833. The number of ether oxygens (including phenoxy) is 2. The Morgan fingerprint density at radius 1 is 1.00 bits per heavy atom. The topological polar surface area (TPSA) is 143 Å². The lowest BCUT2D eigenvalue weighted by atomic mass is 10.0. The number of hydrogen-bond donors (Lipinski definition) is 2. The fourth-order valence-corrected chi connectivity index (χ4v) is 7.88. The van der Waals surface area contributed by atoms with Gasteiger partial charge in [-0.1, -0.05) is 36.2 Å². The van der Waals surface area contributed by atoms with E-state index < -0.39 is 38.1 Å². The number of fused-ring (bicyclic) bond motifs is 1. The highest BCUT2D eigenvalue weighted by atomic mass is 35.5. The fraction of sp³-hybridized carbons (Fsp3) is 0.457. The van der Waals surface area contributed by atoms with Crippen molar-refractivity contribution in [3.63, 3.8) is 0 Å². The minimum atomic E-state index is -4.01. The molecule has 2 N–H and O–H groups in total. The molecule has 268 valence electrons. The van der Waals surface area contributed by atoms with Gasteiger partial charge in [0.25, 0.3) is 15.9 Å². The number of aliphatic hydroxyl groups excluding tert-OH is 1. The minimum Gasteiger partial charge on any atom is -0.490 e. The summed E-state index contributed by atoms with van der Waals surface area (Å²) in [6.07, 6.45) is 1.26. The molecule has 0 bridgehead atoms. The molecule has 0 radical (unpaired) electrons. The van der Waals surface area contributed by atoms with E-state index in [2.05, 4.69) is 4.72 Å². The lowest BCUT2D eigenvalue weighted by Crippen LogP contribution is -2.48. The van der Waals surface area contributed by atoms with Gasteiger partial charge in [0.2, 0.25) is 10.0 Å². The van der Waals surface area contributed by atoms with Crippen LogP contribution in [0.2, 0.25) is 5.02 Å². The number of aryl methyl sites for hydroxylation is 1. The lowest BCUT2D eigenvalue weighted by Gasteiger charge is -2.35. The monoisotopic (exact) mass is 735 g/mol. The second kappa shape index (κ2) is 16.7. The van der Waals surface area contributed by atoms with Gasteiger partial charge in [0, 0.05) is 43.4 Å². The zero-order valence-corrected chi connectivity index (χ0v) is 30.9. The number of benzene rings is 3. The SMILES string of the molecule is Cc1ccc(S(=O)(=O)N(C)C[C@@H]2OCCCC[C@@H](C)Oc3ccc(NS(=O)(=O)c4ccc(Cl)cc4)cc3C(=O)N([C@@H](C)CO)C[C@H]2C)cc1. The van der Waals surface area contributed by atoms with Gasteiger partial charge in [0.05, 0.1) is 40.2 Å². The van der Waals surface area contributed by atoms with E-state index in [1.54, 1.807) is 37.3 Å². The number of likely N-dealkylation sites (N-methyl/N-ethyl adjacent to an activating group) is 1. The van der Waals surface area contributed by atoms with Crippen molar-refractivity contribution in [2.24, 2.45) is 5.92 Å². The number of sulfonamides is 2. The first-order chi connectivity index (χ1) is 23.1. The molecular weight excluding hydrogens is 690 g/mol. The van der Waals surface area contributed by atoms with Crippen molar-refractivity contribution in [1.29, 1.82) is 0 Å². The minimum absolute atomic E-state index is 0.00191. The van der Waals surface area contributed by atoms with Crippen LogP contribution in [-0.4, -0.2) is 88.7 Å². The van der Waals surface area contributed by atoms with Gasteiger partial charge in [-0.15, -0.1) is 0 Å². The largest absolute Gasteiger partial charge is 0.490 e. The molecule has 1 amide bonds. The van der Waals surface area contributed by atoms with Crippen LogP contribution in [0.5, 0.6) is 5.75 Å². The number of amides is 1. The first kappa shape index (κ1) is 38.6. The maximum absolute atomic E-state index is 14.4. The van der Waals surface area contributed by atoms with Crippen molar-refractivity contribution < 1.29 is 36.2 Å². The van der Waals surface area contributed by atoms with Crippen LogP contribution < -0.4 is 9.46 Å². The fourth-order valence-electron chi connectivity index (χ4n) is 5.52. The number of carbonyl (C=O) groups excluding carboxylic acids is 1. The Kier molecular flexibility index (Phi) is 13.1. The van der Waals surface area contributed by atoms with E-state index in [0.29, 0.717) is 24.5 Å². The van der Waals surface area contributed by atoms with Crippen molar-refractivity contribution in [1.82, 2.24) is 9.21 Å². The summed E-state index contributed by atoms with van der Waals surface area (Å²) < 4.78 is 69.6. The number of aliphatic hydroxyl groups is 1. The highest BCUT2D eigenvalue weighted by molar-refractivity contribution is 7.92. The molecule has 0 saturated carbocycles. The van der Waals surface area contributed by atoms with E-state index >= 15 is 0 Å². The summed E-state index contributed by atoms with van der Waals surface area (Å²) in [6, 6.07) is 16.2. The van der Waals surface area contributed by atoms with Gasteiger partial charge in [-0.25, -0.2) is 16.8 Å². The normalized spacial score (nSPS) is 20.6. The standard InChI is InChI=1S/C35H46ClN3O8S2/c1-24-9-14-31(15-10-24)49(44,45)38(5)22-34-25(2)21-39(26(3)23-40)35(41)32-20-29(37-48(42,43)30-16-11-28(36)12-17-30)13-18-33(32)47-27(4)8-6-7-19-46-34/h9-18,20,25-27,34,37,40H,6-8,19,21-23H2,1-5H3/t25-,26+,27-,34+/m1/s1. The van der Waals surface area contributed by atoms with Gasteiger partial charge < -0.3 is 19.5 Å². The molecule has 4 atom stereocenters. The van der Waals surface area contributed by atoms with Gasteiger partial charge in [-0.2, -0.15) is 4.31 Å². The maximum atomic E-state index is 14.4. The van der Waals surface area contributed by atoms with Gasteiger partial charge in [-0.05, 0) is 94.6 Å². The first-order valence-electron chi connectivity index (χ1n) is 16.3. The van der Waals surface area contributed by atoms with Gasteiger partial charge in [-0.3, -0.25) is 9.52 Å². The van der Waals surface area contributed by atoms with E-state index in [-0.39, 0.29) is 58.5 Å². The number of rotatable bonds is 9. The Bertz CT molecular complexity index is 1790. The van der Waals surface area contributed by atoms with Crippen molar-refractivity contribution in [2.45, 2.75) is 75.0 Å². The Labute approximate surface area is 295 Å². The van der Waals surface area contributed by atoms with Crippen molar-refractivity contribution >= 4 is 43.2 Å². The van der Waals surface area contributed by atoms with Crippen LogP contribution in [0.1, 0.15) is 56.0 Å². The number of anilines is 1. The smallest absolute Gasteiger partial charge is 0.261 e. The average molecular weight is 736 g/mol. The van der Waals surface area contributed by atoms with E-state index in [1.165, 1.54) is 52.7 Å². The predicted octanol–water partition coefficient (Wildman–Crippen LogP) is 5.57. The van der Waals surface area contributed by atoms with Crippen LogP contribution in [0.25, 0.3) is 0 Å². The Morgan fingerprint density at radius 2 is 1.65 bits per heavy atom. The van der Waals surface area contributed by atoms with Crippen molar-refractivity contribution in [2.75, 3.05) is 38.1 Å². The Hall–Kier alpha value is -3.20. The summed E-state index contributed by atoms with van der Waals surface area (Å²) >= 11 is 5.94. The molecule has 3 aromatic carbocycles. The van der Waals surface area contributed by atoms with Crippen LogP contribution >= 0.6 is 11.6 Å². The summed E-state index contributed by atoms with van der Waals surface area (Å²) in [7, 11) is -6.32. The second-order valence-electron chi connectivity index (χ2n) is 12.7. The summed E-state index contributed by atoms with van der Waals surface area (Å²) in [6.45, 7) is 7.55.